The number of para-hydroxylation sites is 3. The van der Waals surface area contributed by atoms with Gasteiger partial charge in [0, 0.05) is 15.9 Å². The van der Waals surface area contributed by atoms with E-state index >= 15 is 0 Å². The molecule has 0 bridgehead atoms. The summed E-state index contributed by atoms with van der Waals surface area (Å²) >= 11 is 2.55. The van der Waals surface area contributed by atoms with Gasteiger partial charge in [-0.2, -0.15) is 0 Å². The van der Waals surface area contributed by atoms with Gasteiger partial charge in [0.2, 0.25) is 0 Å². The number of nitrogens with zero attached hydrogens (tertiary/aromatic N) is 4. The molecule has 0 saturated carbocycles. The van der Waals surface area contributed by atoms with Crippen molar-refractivity contribution in [3.63, 3.8) is 0 Å². The molecule has 0 aliphatic heterocycles. The second-order valence-electron chi connectivity index (χ2n) is 18.1. The number of ether oxygens (including phenoxy) is 1. The van der Waals surface area contributed by atoms with E-state index in [9.17, 15) is 0 Å². The fourth-order valence-electron chi connectivity index (χ4n) is 10.7. The molecule has 9 aromatic carbocycles. The first-order valence-corrected chi connectivity index (χ1v) is 25.2. The molecule has 3 heterocycles. The van der Waals surface area contributed by atoms with E-state index in [-0.39, 0.29) is 11.6 Å². The third-order valence-electron chi connectivity index (χ3n) is 14.0. The number of pyridine rings is 1. The molecule has 5 nitrogen and oxygen atoms in total. The fraction of sp³-hybridized carbons (Fsp3) is 0.0769. The monoisotopic (exact) mass is 1100 g/mol. The third-order valence-corrected chi connectivity index (χ3v) is 15.0. The van der Waals surface area contributed by atoms with Gasteiger partial charge in [-0.05, 0) is 41.2 Å². The van der Waals surface area contributed by atoms with Gasteiger partial charge in [-0.15, -0.1) is 0 Å². The van der Waals surface area contributed by atoms with Gasteiger partial charge >= 0.3 is 296 Å². The number of rotatable bonds is 9. The number of imidazole rings is 1. The SMILES string of the molecule is [2H]C([2H])([2H])c1cc(-n2c3[c-]c(Oc4[c-]c5c(cc4)CCCC5n4[c](=[Pt])n(-c5c(-c6ccccc6)cccc5-c5ccccc5)c5ccccc54)ccc3c3cc(-c4ccccc4)ccc32)ncc1-c1ccccc1. The molecule has 0 spiro atoms. The number of hydrogen-bond donors (Lipinski definition) is 0. The van der Waals surface area contributed by atoms with Crippen molar-refractivity contribution in [1.82, 2.24) is 18.7 Å². The minimum atomic E-state index is -2.40. The summed E-state index contributed by atoms with van der Waals surface area (Å²) in [7, 11) is 0. The summed E-state index contributed by atoms with van der Waals surface area (Å²) < 4.78 is 40.9. The molecule has 6 heteroatoms. The van der Waals surface area contributed by atoms with E-state index in [1.165, 1.54) is 5.56 Å². The number of hydrogen-bond acceptors (Lipinski definition) is 2. The molecule has 0 amide bonds. The second-order valence-corrected chi connectivity index (χ2v) is 19.1. The molecule has 13 rings (SSSR count). The zero-order valence-corrected chi connectivity index (χ0v) is 40.8. The molecule has 1 aliphatic carbocycles. The molecule has 0 N–H and O–H groups in total. The smallest absolute Gasteiger partial charge is 0.238 e. The number of aromatic nitrogens is 4. The number of benzene rings is 9. The summed E-state index contributed by atoms with van der Waals surface area (Å²) in [5.74, 6) is 1.58. The first-order chi connectivity index (χ1) is 36.3. The topological polar surface area (TPSA) is 36.9 Å². The zero-order valence-electron chi connectivity index (χ0n) is 41.5. The van der Waals surface area contributed by atoms with Crippen molar-refractivity contribution in [2.24, 2.45) is 0 Å². The van der Waals surface area contributed by atoms with Gasteiger partial charge in [-0.1, -0.05) is 72.8 Å². The molecule has 12 aromatic rings. The van der Waals surface area contributed by atoms with Gasteiger partial charge < -0.3 is 0 Å². The summed E-state index contributed by atoms with van der Waals surface area (Å²) in [5, 5.41) is 1.93. The van der Waals surface area contributed by atoms with Crippen LogP contribution in [-0.4, -0.2) is 18.7 Å². The molecular weight excluding hydrogens is 1050 g/mol. The van der Waals surface area contributed by atoms with Crippen LogP contribution in [0.5, 0.6) is 11.5 Å². The van der Waals surface area contributed by atoms with Crippen molar-refractivity contribution in [1.29, 1.82) is 0 Å². The van der Waals surface area contributed by atoms with Crippen LogP contribution >= 0.6 is 0 Å². The van der Waals surface area contributed by atoms with Crippen LogP contribution in [0.1, 0.15) is 39.7 Å². The van der Waals surface area contributed by atoms with Crippen LogP contribution in [0.15, 0.2) is 219 Å². The standard InChI is InChI=1S/C65H46N4O.Pt/c1-44-38-64(66-42-58(44)48-24-12-5-13-25-48)69-60-37-33-50(45-18-6-2-7-19-45)39-57(60)55-36-35-52(41-63(55)69)70-51-34-32-49-26-16-31-59(56(49)40-51)67-43-68(62-30-15-14-29-61(62)67)65-53(46-20-8-3-9-21-46)27-17-28-54(65)47-22-10-4-11-23-47;/h2-15,17-25,27-30,32-39,42,59H,16,26,31H2,1H3;/q-2;/i1D3;. The van der Waals surface area contributed by atoms with Crippen molar-refractivity contribution in [3.05, 3.63) is 251 Å². The maximum atomic E-state index is 8.66. The Morgan fingerprint density at radius 3 is 1.86 bits per heavy atom. The molecule has 1 atom stereocenters. The molecule has 0 radical (unpaired) electrons. The van der Waals surface area contributed by atoms with Crippen LogP contribution in [0, 0.1) is 22.8 Å². The number of fused-ring (bicyclic) bond motifs is 5. The summed E-state index contributed by atoms with van der Waals surface area (Å²) in [6.07, 6.45) is 4.60. The maximum absolute atomic E-state index is 8.66. The minimum Gasteiger partial charge on any atom is -0.238 e. The molecule has 1 aliphatic rings. The molecule has 0 saturated heterocycles. The third kappa shape index (κ3) is 7.60. The van der Waals surface area contributed by atoms with Crippen molar-refractivity contribution < 1.29 is 28.2 Å². The van der Waals surface area contributed by atoms with E-state index < -0.39 is 6.85 Å². The Balaban J connectivity index is 0.938. The van der Waals surface area contributed by atoms with Crippen LogP contribution in [-0.2, 0) is 25.8 Å². The van der Waals surface area contributed by atoms with Gasteiger partial charge in [-0.3, -0.25) is 0 Å². The van der Waals surface area contributed by atoms with Crippen LogP contribution in [0.3, 0.4) is 0 Å². The molecular formula is C65H46N4OPt-2. The van der Waals surface area contributed by atoms with Gasteiger partial charge in [0.15, 0.2) is 0 Å². The normalized spacial score (nSPS) is 14.3. The van der Waals surface area contributed by atoms with Crippen LogP contribution < -0.4 is 4.74 Å². The Bertz CT molecular complexity index is 4090. The van der Waals surface area contributed by atoms with Crippen LogP contribution in [0.25, 0.3) is 88.9 Å². The summed E-state index contributed by atoms with van der Waals surface area (Å²) in [6.45, 7) is -2.40. The Kier molecular flexibility index (Phi) is 10.1. The van der Waals surface area contributed by atoms with E-state index in [2.05, 4.69) is 186 Å². The van der Waals surface area contributed by atoms with Crippen LogP contribution in [0.2, 0.25) is 0 Å². The summed E-state index contributed by atoms with van der Waals surface area (Å²) in [5.41, 5.74) is 15.8. The Morgan fingerprint density at radius 1 is 0.549 bits per heavy atom. The molecule has 71 heavy (non-hydrogen) atoms. The van der Waals surface area contributed by atoms with Gasteiger partial charge in [0.05, 0.1) is 0 Å². The fourth-order valence-corrected chi connectivity index (χ4v) is 11.8. The van der Waals surface area contributed by atoms with E-state index in [1.807, 2.05) is 65.2 Å². The minimum absolute atomic E-state index is 0.0184. The predicted octanol–water partition coefficient (Wildman–Crippen LogP) is 16.3. The Labute approximate surface area is 428 Å². The van der Waals surface area contributed by atoms with Gasteiger partial charge in [-0.25, -0.2) is 4.98 Å². The Hall–Kier alpha value is -8.11. The van der Waals surface area contributed by atoms with Crippen LogP contribution in [0.4, 0.5) is 0 Å². The van der Waals surface area contributed by atoms with E-state index in [0.717, 1.165) is 106 Å². The molecule has 1 unspecified atom stereocenters. The van der Waals surface area contributed by atoms with Crippen molar-refractivity contribution >= 4 is 32.8 Å². The average molecular weight is 1100 g/mol. The van der Waals surface area contributed by atoms with Gasteiger partial charge in [0.25, 0.3) is 0 Å². The number of aryl methyl sites for hydroxylation is 2. The second kappa shape index (κ2) is 18.0. The van der Waals surface area contributed by atoms with E-state index in [4.69, 9.17) is 13.8 Å². The average Bonchev–Trinajstić information content (AvgIpc) is 3.95. The molecule has 344 valence electrons. The summed E-state index contributed by atoms with van der Waals surface area (Å²) in [4.78, 5) is 4.98. The van der Waals surface area contributed by atoms with E-state index in [0.29, 0.717) is 22.9 Å². The quantitative estimate of drug-likeness (QED) is 0.135. The molecule has 0 fully saturated rings. The van der Waals surface area contributed by atoms with Crippen molar-refractivity contribution in [2.75, 3.05) is 0 Å². The van der Waals surface area contributed by atoms with E-state index in [1.54, 1.807) is 12.3 Å². The first-order valence-electron chi connectivity index (χ1n) is 25.5. The zero-order chi connectivity index (χ0) is 49.9. The van der Waals surface area contributed by atoms with Crippen molar-refractivity contribution in [3.8, 4) is 67.5 Å². The summed E-state index contributed by atoms with van der Waals surface area (Å²) in [6, 6.07) is 80.4. The van der Waals surface area contributed by atoms with Crippen molar-refractivity contribution in [2.45, 2.75) is 32.2 Å². The predicted molar refractivity (Wildman–Crippen MR) is 285 cm³/mol. The first kappa shape index (κ1) is 39.7. The molecule has 3 aromatic heterocycles. The Morgan fingerprint density at radius 2 is 1.17 bits per heavy atom. The van der Waals surface area contributed by atoms with Gasteiger partial charge in [0.1, 0.15) is 0 Å².